The number of nitrogens with one attached hydrogen (secondary N) is 2. The van der Waals surface area contributed by atoms with Crippen molar-refractivity contribution in [3.8, 4) is 5.69 Å². The van der Waals surface area contributed by atoms with Gasteiger partial charge in [-0.15, -0.1) is 0 Å². The average molecular weight is 551 g/mol. The van der Waals surface area contributed by atoms with Gasteiger partial charge in [-0.3, -0.25) is 14.2 Å². The molecular weight excluding hydrogens is 527 g/mol. The minimum absolute atomic E-state index is 0.0121. The summed E-state index contributed by atoms with van der Waals surface area (Å²) in [4.78, 5) is 40.3. The summed E-state index contributed by atoms with van der Waals surface area (Å²) in [6.07, 6.45) is 3.33. The third kappa shape index (κ3) is 4.31. The van der Waals surface area contributed by atoms with E-state index < -0.39 is 12.2 Å². The number of alkyl halides is 1. The molecule has 1 fully saturated rings. The number of ether oxygens (including phenoxy) is 1. The summed E-state index contributed by atoms with van der Waals surface area (Å²) < 4.78 is 23.1. The van der Waals surface area contributed by atoms with Gasteiger partial charge in [-0.25, -0.2) is 18.9 Å². The summed E-state index contributed by atoms with van der Waals surface area (Å²) in [6, 6.07) is 9.93. The van der Waals surface area contributed by atoms with Crippen LogP contribution < -0.4 is 15.8 Å². The number of H-pyrrole nitrogens is 1. The van der Waals surface area contributed by atoms with Crippen LogP contribution in [0.2, 0.25) is 5.02 Å². The number of anilines is 1. The first-order valence-corrected chi connectivity index (χ1v) is 12.7. The molecule has 1 amide bonds. The van der Waals surface area contributed by atoms with Gasteiger partial charge in [0.25, 0.3) is 11.5 Å². The molecule has 6 rings (SSSR count). The quantitative estimate of drug-likeness (QED) is 0.299. The number of hydrogen-bond donors (Lipinski definition) is 2. The lowest BCUT2D eigenvalue weighted by atomic mass is 10.1. The van der Waals surface area contributed by atoms with E-state index in [0.717, 1.165) is 0 Å². The van der Waals surface area contributed by atoms with E-state index in [2.05, 4.69) is 20.3 Å². The lowest BCUT2D eigenvalue weighted by molar-refractivity contribution is 0.0938. The van der Waals surface area contributed by atoms with Gasteiger partial charge in [0.05, 0.1) is 40.9 Å². The number of carbonyl (C=O) groups is 1. The molecule has 0 unspecified atom stereocenters. The molecular formula is C26H24ClFN8O3. The molecule has 1 saturated heterocycles. The molecule has 11 nitrogen and oxygen atoms in total. The summed E-state index contributed by atoms with van der Waals surface area (Å²) in [5.74, 6) is 0.340. The van der Waals surface area contributed by atoms with Gasteiger partial charge in [-0.05, 0) is 18.2 Å². The van der Waals surface area contributed by atoms with Gasteiger partial charge in [-0.2, -0.15) is 5.10 Å². The van der Waals surface area contributed by atoms with Gasteiger partial charge < -0.3 is 19.9 Å². The van der Waals surface area contributed by atoms with E-state index in [1.807, 2.05) is 18.2 Å². The Kier molecular flexibility index (Phi) is 6.49. The minimum atomic E-state index is -1.23. The normalized spacial score (nSPS) is 17.4. The topological polar surface area (TPSA) is 122 Å². The molecule has 0 spiro atoms. The number of benzene rings is 1. The van der Waals surface area contributed by atoms with E-state index in [-0.39, 0.29) is 35.0 Å². The Balaban J connectivity index is 1.52. The maximum absolute atomic E-state index is 15.2. The molecule has 5 aromatic rings. The molecule has 0 radical (unpaired) electrons. The number of methoxy groups -OCH3 is 1. The number of amides is 1. The van der Waals surface area contributed by atoms with Crippen LogP contribution in [0.4, 0.5) is 10.2 Å². The summed E-state index contributed by atoms with van der Waals surface area (Å²) >= 11 is 6.33. The SMILES string of the molecule is COCCNC(=O)c1c[nH]c2ncnc(N3C[C@@H](F)C[C@H]3c3nn4ccc(Cl)c4c(=O)n3-c3ccccc3)c12. The van der Waals surface area contributed by atoms with Crippen LogP contribution in [0.1, 0.15) is 28.6 Å². The highest BCUT2D eigenvalue weighted by atomic mass is 35.5. The molecule has 5 heterocycles. The zero-order valence-electron chi connectivity index (χ0n) is 20.8. The second kappa shape index (κ2) is 10.1. The molecule has 13 heteroatoms. The molecule has 0 bridgehead atoms. The second-order valence-corrected chi connectivity index (χ2v) is 9.57. The first kappa shape index (κ1) is 25.0. The minimum Gasteiger partial charge on any atom is -0.383 e. The highest BCUT2D eigenvalue weighted by molar-refractivity contribution is 6.33. The van der Waals surface area contributed by atoms with Gasteiger partial charge in [0, 0.05) is 32.5 Å². The van der Waals surface area contributed by atoms with E-state index in [9.17, 15) is 9.59 Å². The van der Waals surface area contributed by atoms with Gasteiger partial charge >= 0.3 is 0 Å². The predicted octanol–water partition coefficient (Wildman–Crippen LogP) is 3.08. The van der Waals surface area contributed by atoms with Crippen LogP contribution in [0.5, 0.6) is 0 Å². The Labute approximate surface area is 226 Å². The molecule has 2 N–H and O–H groups in total. The van der Waals surface area contributed by atoms with Crippen molar-refractivity contribution < 1.29 is 13.9 Å². The summed E-state index contributed by atoms with van der Waals surface area (Å²) in [5, 5.41) is 8.26. The highest BCUT2D eigenvalue weighted by Crippen LogP contribution is 2.39. The molecule has 0 saturated carbocycles. The van der Waals surface area contributed by atoms with Gasteiger partial charge in [0.1, 0.15) is 29.5 Å². The largest absolute Gasteiger partial charge is 0.383 e. The average Bonchev–Trinajstić information content (AvgIpc) is 3.65. The number of para-hydroxylation sites is 1. The number of carbonyl (C=O) groups excluding carboxylic acids is 1. The molecule has 4 aromatic heterocycles. The Hall–Kier alpha value is -4.29. The fourth-order valence-electron chi connectivity index (χ4n) is 5.06. The van der Waals surface area contributed by atoms with Gasteiger partial charge in [-0.1, -0.05) is 29.8 Å². The van der Waals surface area contributed by atoms with Crippen molar-refractivity contribution in [1.82, 2.24) is 34.4 Å². The van der Waals surface area contributed by atoms with E-state index >= 15 is 4.39 Å². The van der Waals surface area contributed by atoms with E-state index in [1.54, 1.807) is 42.6 Å². The van der Waals surface area contributed by atoms with Crippen molar-refractivity contribution in [3.63, 3.8) is 0 Å². The van der Waals surface area contributed by atoms with Crippen LogP contribution >= 0.6 is 11.6 Å². The molecule has 0 aliphatic carbocycles. The number of aromatic amines is 1. The monoisotopic (exact) mass is 550 g/mol. The van der Waals surface area contributed by atoms with Crippen LogP contribution in [-0.4, -0.2) is 68.0 Å². The number of nitrogens with zero attached hydrogens (tertiary/aromatic N) is 6. The maximum Gasteiger partial charge on any atom is 0.284 e. The van der Waals surface area contributed by atoms with Gasteiger partial charge in [0.15, 0.2) is 5.82 Å². The van der Waals surface area contributed by atoms with Crippen LogP contribution in [0.25, 0.3) is 22.2 Å². The van der Waals surface area contributed by atoms with Crippen LogP contribution in [0.3, 0.4) is 0 Å². The lowest BCUT2D eigenvalue weighted by Gasteiger charge is -2.27. The van der Waals surface area contributed by atoms with Crippen molar-refractivity contribution in [2.24, 2.45) is 0 Å². The first-order chi connectivity index (χ1) is 19.0. The lowest BCUT2D eigenvalue weighted by Crippen LogP contribution is -2.33. The Morgan fingerprint density at radius 1 is 1.26 bits per heavy atom. The van der Waals surface area contributed by atoms with Crippen molar-refractivity contribution in [2.45, 2.75) is 18.6 Å². The zero-order valence-corrected chi connectivity index (χ0v) is 21.6. The van der Waals surface area contributed by atoms with Crippen LogP contribution in [0.15, 0.2) is 59.9 Å². The molecule has 200 valence electrons. The van der Waals surface area contributed by atoms with E-state index in [0.29, 0.717) is 47.1 Å². The Morgan fingerprint density at radius 3 is 2.87 bits per heavy atom. The highest BCUT2D eigenvalue weighted by Gasteiger charge is 2.39. The molecule has 1 aliphatic rings. The third-order valence-corrected chi connectivity index (χ3v) is 7.09. The first-order valence-electron chi connectivity index (χ1n) is 12.3. The third-order valence-electron chi connectivity index (χ3n) is 6.78. The smallest absolute Gasteiger partial charge is 0.284 e. The van der Waals surface area contributed by atoms with Crippen molar-refractivity contribution in [1.29, 1.82) is 0 Å². The maximum atomic E-state index is 15.2. The van der Waals surface area contributed by atoms with Crippen molar-refractivity contribution in [3.05, 3.63) is 81.9 Å². The van der Waals surface area contributed by atoms with E-state index in [4.69, 9.17) is 21.4 Å². The summed E-state index contributed by atoms with van der Waals surface area (Å²) in [6.45, 7) is 0.655. The number of halogens is 2. The van der Waals surface area contributed by atoms with Crippen molar-refractivity contribution >= 4 is 39.9 Å². The fraction of sp³-hybridized carbons (Fsp3) is 0.269. The molecule has 1 aromatic carbocycles. The number of rotatable bonds is 7. The molecule has 1 aliphatic heterocycles. The number of aromatic nitrogens is 6. The van der Waals surface area contributed by atoms with Crippen LogP contribution in [-0.2, 0) is 4.74 Å². The van der Waals surface area contributed by atoms with Gasteiger partial charge in [0.2, 0.25) is 0 Å². The van der Waals surface area contributed by atoms with Crippen LogP contribution in [0, 0.1) is 0 Å². The fourth-order valence-corrected chi connectivity index (χ4v) is 5.28. The Bertz CT molecular complexity index is 1730. The Morgan fingerprint density at radius 2 is 2.08 bits per heavy atom. The second-order valence-electron chi connectivity index (χ2n) is 9.16. The summed E-state index contributed by atoms with van der Waals surface area (Å²) in [7, 11) is 1.55. The van der Waals surface area contributed by atoms with Crippen molar-refractivity contribution in [2.75, 3.05) is 31.7 Å². The molecule has 39 heavy (non-hydrogen) atoms. The number of hydrogen-bond acceptors (Lipinski definition) is 7. The standard InChI is InChI=1S/C26H24ClFN8O3/c1-39-10-8-29-25(37)17-12-30-22-20(17)24(32-14-31-22)34-13-15(28)11-19(34)23-33-35-9-7-18(27)21(35)26(38)36(23)16-5-3-2-4-6-16/h2-7,9,12,14-15,19H,8,10-11,13H2,1H3,(H,29,37)(H,30,31,32)/t15-,19-/m0/s1. The predicted molar refractivity (Wildman–Crippen MR) is 143 cm³/mol. The summed E-state index contributed by atoms with van der Waals surface area (Å²) in [5.41, 5.74) is 1.16. The zero-order chi connectivity index (χ0) is 27.1. The number of fused-ring (bicyclic) bond motifs is 2. The molecule has 2 atom stereocenters. The van der Waals surface area contributed by atoms with E-state index in [1.165, 1.54) is 15.4 Å².